The van der Waals surface area contributed by atoms with E-state index in [1.54, 1.807) is 0 Å². The van der Waals surface area contributed by atoms with Gasteiger partial charge in [-0.05, 0) is 72.1 Å². The SMILES string of the molecule is CN(CCC1CCc2c(cccc2OCC(=O)O)C1)C(=S)NC(c1ccccc1)c1ccccc1. The summed E-state index contributed by atoms with van der Waals surface area (Å²) in [6.07, 6.45) is 3.99. The fourth-order valence-electron chi connectivity index (χ4n) is 4.73. The number of carboxylic acid groups (broad SMARTS) is 1. The first-order chi connectivity index (χ1) is 17.0. The molecular formula is C29H32N2O3S. The van der Waals surface area contributed by atoms with Crippen molar-refractivity contribution in [2.75, 3.05) is 20.2 Å². The first-order valence-corrected chi connectivity index (χ1v) is 12.5. The molecule has 4 rings (SSSR count). The molecule has 3 aromatic rings. The van der Waals surface area contributed by atoms with Gasteiger partial charge in [0, 0.05) is 13.6 Å². The number of thiocarbonyl (C=S) groups is 1. The summed E-state index contributed by atoms with van der Waals surface area (Å²) >= 11 is 5.80. The molecule has 3 aromatic carbocycles. The number of hydrogen-bond acceptors (Lipinski definition) is 3. The molecule has 6 heteroatoms. The van der Waals surface area contributed by atoms with Crippen LogP contribution in [-0.2, 0) is 17.6 Å². The Labute approximate surface area is 212 Å². The maximum absolute atomic E-state index is 10.9. The number of ether oxygens (including phenoxy) is 1. The van der Waals surface area contributed by atoms with Gasteiger partial charge in [-0.3, -0.25) is 0 Å². The summed E-state index contributed by atoms with van der Waals surface area (Å²) in [4.78, 5) is 13.0. The standard InChI is InChI=1S/C29H32N2O3S/c1-31(29(35)30-28(22-9-4-2-5-10-22)23-11-6-3-7-12-23)18-17-21-15-16-25-24(19-21)13-8-14-26(25)34-20-27(32)33/h2-14,21,28H,15-20H2,1H3,(H,30,35)(H,32,33). The molecule has 0 saturated carbocycles. The van der Waals surface area contributed by atoms with Gasteiger partial charge in [0.2, 0.25) is 0 Å². The predicted octanol–water partition coefficient (Wildman–Crippen LogP) is 5.24. The van der Waals surface area contributed by atoms with Gasteiger partial charge < -0.3 is 20.1 Å². The summed E-state index contributed by atoms with van der Waals surface area (Å²) in [6.45, 7) is 0.569. The van der Waals surface area contributed by atoms with Gasteiger partial charge in [0.05, 0.1) is 6.04 Å². The van der Waals surface area contributed by atoms with E-state index in [0.29, 0.717) is 11.7 Å². The smallest absolute Gasteiger partial charge is 0.341 e. The number of hydrogen-bond donors (Lipinski definition) is 2. The Morgan fingerprint density at radius 1 is 1.06 bits per heavy atom. The zero-order valence-corrected chi connectivity index (χ0v) is 20.8. The molecule has 0 bridgehead atoms. The lowest BCUT2D eigenvalue weighted by Crippen LogP contribution is -2.40. The number of nitrogens with one attached hydrogen (secondary N) is 1. The van der Waals surface area contributed by atoms with Crippen LogP contribution in [0.1, 0.15) is 41.1 Å². The second kappa shape index (κ2) is 11.8. The summed E-state index contributed by atoms with van der Waals surface area (Å²) in [5.74, 6) is 0.311. The van der Waals surface area contributed by atoms with E-state index in [1.165, 1.54) is 16.7 Å². The van der Waals surface area contributed by atoms with Crippen LogP contribution in [0.4, 0.5) is 0 Å². The van der Waals surface area contributed by atoms with Crippen LogP contribution in [0.3, 0.4) is 0 Å². The second-order valence-electron chi connectivity index (χ2n) is 9.10. The fourth-order valence-corrected chi connectivity index (χ4v) is 4.94. The lowest BCUT2D eigenvalue weighted by Gasteiger charge is -2.30. The molecule has 1 unspecified atom stereocenters. The van der Waals surface area contributed by atoms with E-state index < -0.39 is 5.97 Å². The Morgan fingerprint density at radius 3 is 2.34 bits per heavy atom. The number of aliphatic carboxylic acids is 1. The first kappa shape index (κ1) is 24.7. The van der Waals surface area contributed by atoms with Crippen molar-refractivity contribution in [3.05, 3.63) is 101 Å². The lowest BCUT2D eigenvalue weighted by molar-refractivity contribution is -0.139. The second-order valence-corrected chi connectivity index (χ2v) is 9.49. The zero-order chi connectivity index (χ0) is 24.6. The fraction of sp³-hybridized carbons (Fsp3) is 0.310. The van der Waals surface area contributed by atoms with Crippen molar-refractivity contribution in [2.24, 2.45) is 5.92 Å². The molecule has 1 aliphatic rings. The molecule has 0 heterocycles. The molecule has 5 nitrogen and oxygen atoms in total. The molecule has 0 amide bonds. The molecule has 0 saturated heterocycles. The molecule has 0 radical (unpaired) electrons. The van der Waals surface area contributed by atoms with Crippen molar-refractivity contribution in [3.8, 4) is 5.75 Å². The van der Waals surface area contributed by atoms with Crippen LogP contribution in [0, 0.1) is 5.92 Å². The third kappa shape index (κ3) is 6.61. The van der Waals surface area contributed by atoms with Gasteiger partial charge in [0.25, 0.3) is 0 Å². The summed E-state index contributed by atoms with van der Waals surface area (Å²) < 4.78 is 5.51. The van der Waals surface area contributed by atoms with Crippen LogP contribution in [-0.4, -0.2) is 41.3 Å². The summed E-state index contributed by atoms with van der Waals surface area (Å²) in [6, 6.07) is 26.7. The minimum Gasteiger partial charge on any atom is -0.482 e. The number of rotatable bonds is 9. The van der Waals surface area contributed by atoms with E-state index in [1.807, 2.05) is 24.3 Å². The predicted molar refractivity (Wildman–Crippen MR) is 143 cm³/mol. The maximum Gasteiger partial charge on any atom is 0.341 e. The van der Waals surface area contributed by atoms with Gasteiger partial charge >= 0.3 is 5.97 Å². The summed E-state index contributed by atoms with van der Waals surface area (Å²) in [5, 5.41) is 13.2. The largest absolute Gasteiger partial charge is 0.482 e. The summed E-state index contributed by atoms with van der Waals surface area (Å²) in [7, 11) is 2.05. The molecular weight excluding hydrogens is 456 g/mol. The molecule has 1 aliphatic carbocycles. The van der Waals surface area contributed by atoms with Gasteiger partial charge in [0.15, 0.2) is 11.7 Å². The van der Waals surface area contributed by atoms with Crippen LogP contribution in [0.2, 0.25) is 0 Å². The zero-order valence-electron chi connectivity index (χ0n) is 20.0. The van der Waals surface area contributed by atoms with Crippen molar-refractivity contribution in [1.29, 1.82) is 0 Å². The monoisotopic (exact) mass is 488 g/mol. The average Bonchev–Trinajstić information content (AvgIpc) is 2.89. The Balaban J connectivity index is 1.35. The van der Waals surface area contributed by atoms with E-state index in [4.69, 9.17) is 22.1 Å². The van der Waals surface area contributed by atoms with Gasteiger partial charge in [-0.25, -0.2) is 4.79 Å². The molecule has 0 aromatic heterocycles. The molecule has 0 fully saturated rings. The van der Waals surface area contributed by atoms with Crippen molar-refractivity contribution < 1.29 is 14.6 Å². The number of nitrogens with zero attached hydrogens (tertiary/aromatic N) is 1. The average molecular weight is 489 g/mol. The highest BCUT2D eigenvalue weighted by Crippen LogP contribution is 2.33. The Hall–Kier alpha value is -3.38. The first-order valence-electron chi connectivity index (χ1n) is 12.1. The third-order valence-corrected chi connectivity index (χ3v) is 7.07. The molecule has 1 atom stereocenters. The Bertz CT molecular complexity index is 1100. The van der Waals surface area contributed by atoms with E-state index in [2.05, 4.69) is 71.9 Å². The van der Waals surface area contributed by atoms with Crippen molar-refractivity contribution in [3.63, 3.8) is 0 Å². The van der Waals surface area contributed by atoms with Gasteiger partial charge in [-0.1, -0.05) is 72.8 Å². The lowest BCUT2D eigenvalue weighted by atomic mass is 9.82. The minimum atomic E-state index is -0.953. The molecule has 2 N–H and O–H groups in total. The maximum atomic E-state index is 10.9. The number of carboxylic acids is 1. The molecule has 0 aliphatic heterocycles. The highest BCUT2D eigenvalue weighted by Gasteiger charge is 2.23. The van der Waals surface area contributed by atoms with Crippen LogP contribution in [0.5, 0.6) is 5.75 Å². The van der Waals surface area contributed by atoms with Gasteiger partial charge in [-0.2, -0.15) is 0 Å². The molecule has 182 valence electrons. The summed E-state index contributed by atoms with van der Waals surface area (Å²) in [5.41, 5.74) is 4.78. The van der Waals surface area contributed by atoms with Crippen LogP contribution in [0.25, 0.3) is 0 Å². The quantitative estimate of drug-likeness (QED) is 0.402. The van der Waals surface area contributed by atoms with Crippen LogP contribution in [0.15, 0.2) is 78.9 Å². The molecule has 35 heavy (non-hydrogen) atoms. The Morgan fingerprint density at radius 2 is 1.71 bits per heavy atom. The normalized spacial score (nSPS) is 14.7. The highest BCUT2D eigenvalue weighted by molar-refractivity contribution is 7.80. The topological polar surface area (TPSA) is 61.8 Å². The van der Waals surface area contributed by atoms with Crippen molar-refractivity contribution in [1.82, 2.24) is 10.2 Å². The number of benzene rings is 3. The van der Waals surface area contributed by atoms with Crippen LogP contribution < -0.4 is 10.1 Å². The van der Waals surface area contributed by atoms with Crippen LogP contribution >= 0.6 is 12.2 Å². The minimum absolute atomic E-state index is 0.00173. The highest BCUT2D eigenvalue weighted by atomic mass is 32.1. The van der Waals surface area contributed by atoms with Gasteiger partial charge in [-0.15, -0.1) is 0 Å². The van der Waals surface area contributed by atoms with Crippen molar-refractivity contribution >= 4 is 23.3 Å². The van der Waals surface area contributed by atoms with E-state index >= 15 is 0 Å². The Kier molecular flexibility index (Phi) is 8.37. The van der Waals surface area contributed by atoms with E-state index in [9.17, 15) is 4.79 Å². The molecule has 0 spiro atoms. The number of carbonyl (C=O) groups is 1. The van der Waals surface area contributed by atoms with Crippen molar-refractivity contribution in [2.45, 2.75) is 31.7 Å². The third-order valence-electron chi connectivity index (χ3n) is 6.65. The number of fused-ring (bicyclic) bond motifs is 1. The van der Waals surface area contributed by atoms with E-state index in [-0.39, 0.29) is 12.6 Å². The van der Waals surface area contributed by atoms with Gasteiger partial charge in [0.1, 0.15) is 5.75 Å². The van der Waals surface area contributed by atoms with E-state index in [0.717, 1.165) is 42.9 Å².